The summed E-state index contributed by atoms with van der Waals surface area (Å²) in [5.74, 6) is 0. The van der Waals surface area contributed by atoms with Crippen LogP contribution in [0, 0.1) is 0 Å². The fourth-order valence-corrected chi connectivity index (χ4v) is 2.10. The zero-order valence-electron chi connectivity index (χ0n) is 8.80. The third-order valence-electron chi connectivity index (χ3n) is 2.26. The van der Waals surface area contributed by atoms with Crippen LogP contribution in [0.15, 0.2) is 16.6 Å². The number of amides is 1. The van der Waals surface area contributed by atoms with Gasteiger partial charge in [-0.15, -0.1) is 0 Å². The fourth-order valence-electron chi connectivity index (χ4n) is 1.55. The van der Waals surface area contributed by atoms with Gasteiger partial charge in [-0.05, 0) is 36.1 Å². The Hall–Kier alpha value is -1.03. The normalized spacial score (nSPS) is 10.1. The first-order valence-electron chi connectivity index (χ1n) is 4.89. The molecular weight excluding hydrogens is 258 g/mol. The van der Waals surface area contributed by atoms with Gasteiger partial charge in [0.25, 0.3) is 0 Å². The Kier molecular flexibility index (Phi) is 4.15. The molecule has 1 aromatic rings. The van der Waals surface area contributed by atoms with Crippen molar-refractivity contribution < 1.29 is 9.90 Å². The maximum absolute atomic E-state index is 10.7. The first-order chi connectivity index (χ1) is 7.08. The predicted molar refractivity (Wildman–Crippen MR) is 64.5 cm³/mol. The molecule has 0 saturated heterocycles. The molecule has 1 aromatic carbocycles. The highest BCUT2D eigenvalue weighted by molar-refractivity contribution is 9.10. The Morgan fingerprint density at radius 3 is 2.13 bits per heavy atom. The van der Waals surface area contributed by atoms with Crippen molar-refractivity contribution in [1.29, 1.82) is 0 Å². The number of carboxylic acid groups (broad SMARTS) is 1. The average molecular weight is 272 g/mol. The minimum Gasteiger partial charge on any atom is -0.465 e. The van der Waals surface area contributed by atoms with Crippen molar-refractivity contribution in [2.75, 3.05) is 5.32 Å². The van der Waals surface area contributed by atoms with Gasteiger partial charge in [-0.2, -0.15) is 0 Å². The largest absolute Gasteiger partial charge is 0.465 e. The SMILES string of the molecule is CCc1cc(Br)cc(CC)c1NC(=O)O. The number of hydrogen-bond acceptors (Lipinski definition) is 1. The van der Waals surface area contributed by atoms with Crippen LogP contribution in [-0.4, -0.2) is 11.2 Å². The summed E-state index contributed by atoms with van der Waals surface area (Å²) < 4.78 is 0.993. The molecule has 0 aliphatic rings. The topological polar surface area (TPSA) is 49.3 Å². The number of carbonyl (C=O) groups is 1. The van der Waals surface area contributed by atoms with Crippen LogP contribution in [0.25, 0.3) is 0 Å². The molecule has 0 atom stereocenters. The van der Waals surface area contributed by atoms with E-state index in [1.807, 2.05) is 26.0 Å². The van der Waals surface area contributed by atoms with Gasteiger partial charge in [0.05, 0.1) is 5.69 Å². The highest BCUT2D eigenvalue weighted by atomic mass is 79.9. The van der Waals surface area contributed by atoms with Gasteiger partial charge >= 0.3 is 6.09 Å². The number of benzene rings is 1. The Morgan fingerprint density at radius 2 is 1.80 bits per heavy atom. The second-order valence-electron chi connectivity index (χ2n) is 3.24. The molecule has 15 heavy (non-hydrogen) atoms. The molecule has 0 radical (unpaired) electrons. The summed E-state index contributed by atoms with van der Waals surface area (Å²) in [5, 5.41) is 11.2. The van der Waals surface area contributed by atoms with Crippen molar-refractivity contribution in [3.05, 3.63) is 27.7 Å². The summed E-state index contributed by atoms with van der Waals surface area (Å²) >= 11 is 3.42. The molecule has 0 aliphatic heterocycles. The van der Waals surface area contributed by atoms with Crippen LogP contribution in [0.5, 0.6) is 0 Å². The van der Waals surface area contributed by atoms with Crippen molar-refractivity contribution in [2.24, 2.45) is 0 Å². The van der Waals surface area contributed by atoms with Crippen molar-refractivity contribution in [1.82, 2.24) is 0 Å². The molecule has 0 saturated carbocycles. The summed E-state index contributed by atoms with van der Waals surface area (Å²) in [5.41, 5.74) is 2.77. The molecule has 0 spiro atoms. The highest BCUT2D eigenvalue weighted by Crippen LogP contribution is 2.27. The molecule has 1 rings (SSSR count). The van der Waals surface area contributed by atoms with E-state index in [1.165, 1.54) is 0 Å². The number of halogens is 1. The fraction of sp³-hybridized carbons (Fsp3) is 0.364. The van der Waals surface area contributed by atoms with Crippen molar-refractivity contribution >= 4 is 27.7 Å². The molecule has 0 fully saturated rings. The maximum Gasteiger partial charge on any atom is 0.409 e. The summed E-state index contributed by atoms with van der Waals surface area (Å²) in [4.78, 5) is 10.7. The maximum atomic E-state index is 10.7. The van der Waals surface area contributed by atoms with Gasteiger partial charge in [0.15, 0.2) is 0 Å². The molecular formula is C11H14BrNO2. The van der Waals surface area contributed by atoms with Gasteiger partial charge in [-0.1, -0.05) is 29.8 Å². The monoisotopic (exact) mass is 271 g/mol. The molecule has 4 heteroatoms. The molecule has 0 heterocycles. The van der Waals surface area contributed by atoms with Gasteiger partial charge < -0.3 is 5.11 Å². The first kappa shape index (κ1) is 12.0. The van der Waals surface area contributed by atoms with Crippen LogP contribution < -0.4 is 5.32 Å². The number of aryl methyl sites for hydroxylation is 2. The Balaban J connectivity index is 3.23. The highest BCUT2D eigenvalue weighted by Gasteiger charge is 2.10. The first-order valence-corrected chi connectivity index (χ1v) is 5.69. The van der Waals surface area contributed by atoms with E-state index >= 15 is 0 Å². The lowest BCUT2D eigenvalue weighted by molar-refractivity contribution is 0.209. The van der Waals surface area contributed by atoms with Gasteiger partial charge in [0.1, 0.15) is 0 Å². The van der Waals surface area contributed by atoms with E-state index in [2.05, 4.69) is 21.2 Å². The average Bonchev–Trinajstić information content (AvgIpc) is 2.19. The third kappa shape index (κ3) is 2.96. The van der Waals surface area contributed by atoms with E-state index in [4.69, 9.17) is 5.11 Å². The molecule has 3 nitrogen and oxygen atoms in total. The molecule has 1 amide bonds. The van der Waals surface area contributed by atoms with E-state index in [-0.39, 0.29) is 0 Å². The number of hydrogen-bond donors (Lipinski definition) is 2. The Bertz CT molecular complexity index is 352. The minimum atomic E-state index is -1.01. The summed E-state index contributed by atoms with van der Waals surface area (Å²) in [6.07, 6.45) is 0.603. The molecule has 0 unspecified atom stereocenters. The zero-order valence-corrected chi connectivity index (χ0v) is 10.4. The van der Waals surface area contributed by atoms with Crippen LogP contribution in [0.3, 0.4) is 0 Å². The third-order valence-corrected chi connectivity index (χ3v) is 2.72. The predicted octanol–water partition coefficient (Wildman–Crippen LogP) is 3.66. The van der Waals surface area contributed by atoms with Gasteiger partial charge in [0, 0.05) is 4.47 Å². The summed E-state index contributed by atoms with van der Waals surface area (Å²) in [7, 11) is 0. The van der Waals surface area contributed by atoms with E-state index in [0.29, 0.717) is 0 Å². The van der Waals surface area contributed by atoms with Crippen molar-refractivity contribution in [3.8, 4) is 0 Å². The van der Waals surface area contributed by atoms with Crippen molar-refractivity contribution in [2.45, 2.75) is 26.7 Å². The van der Waals surface area contributed by atoms with E-state index in [9.17, 15) is 4.79 Å². The van der Waals surface area contributed by atoms with Crippen LogP contribution in [0.1, 0.15) is 25.0 Å². The minimum absolute atomic E-state index is 0.732. The van der Waals surface area contributed by atoms with Crippen molar-refractivity contribution in [3.63, 3.8) is 0 Å². The summed E-state index contributed by atoms with van der Waals surface area (Å²) in [6, 6.07) is 3.90. The van der Waals surface area contributed by atoms with E-state index in [1.54, 1.807) is 0 Å². The number of anilines is 1. The van der Waals surface area contributed by atoms with Gasteiger partial charge in [-0.3, -0.25) is 5.32 Å². The molecule has 0 aromatic heterocycles. The Labute approximate surface area is 97.6 Å². The second kappa shape index (κ2) is 5.16. The van der Waals surface area contributed by atoms with E-state index in [0.717, 1.165) is 34.1 Å². The summed E-state index contributed by atoms with van der Waals surface area (Å²) in [6.45, 7) is 4.02. The molecule has 0 bridgehead atoms. The molecule has 2 N–H and O–H groups in total. The van der Waals surface area contributed by atoms with Crippen LogP contribution in [0.2, 0.25) is 0 Å². The van der Waals surface area contributed by atoms with Crippen LogP contribution in [-0.2, 0) is 12.8 Å². The number of rotatable bonds is 3. The van der Waals surface area contributed by atoms with Gasteiger partial charge in [0.2, 0.25) is 0 Å². The standard InChI is InChI=1S/C11H14BrNO2/c1-3-7-5-9(12)6-8(4-2)10(7)13-11(14)15/h5-6,13H,3-4H2,1-2H3,(H,14,15). The Morgan fingerprint density at radius 1 is 1.33 bits per heavy atom. The smallest absolute Gasteiger partial charge is 0.409 e. The van der Waals surface area contributed by atoms with Gasteiger partial charge in [-0.25, -0.2) is 4.79 Å². The quantitative estimate of drug-likeness (QED) is 0.882. The molecule has 82 valence electrons. The zero-order chi connectivity index (χ0) is 11.4. The lowest BCUT2D eigenvalue weighted by atomic mass is 10.0. The lowest BCUT2D eigenvalue weighted by Crippen LogP contribution is -2.11. The lowest BCUT2D eigenvalue weighted by Gasteiger charge is -2.13. The second-order valence-corrected chi connectivity index (χ2v) is 4.15. The number of nitrogens with one attached hydrogen (secondary N) is 1. The van der Waals surface area contributed by atoms with Crippen LogP contribution in [0.4, 0.5) is 10.5 Å². The van der Waals surface area contributed by atoms with Crippen LogP contribution >= 0.6 is 15.9 Å². The van der Waals surface area contributed by atoms with E-state index < -0.39 is 6.09 Å². The molecule has 0 aliphatic carbocycles.